The van der Waals surface area contributed by atoms with Crippen LogP contribution >= 0.6 is 47.2 Å². The highest BCUT2D eigenvalue weighted by Crippen LogP contribution is 2.42. The molecule has 1 heterocycles. The minimum atomic E-state index is -0.820. The van der Waals surface area contributed by atoms with E-state index in [1.54, 1.807) is 18.3 Å². The maximum atomic E-state index is 12.7. The van der Waals surface area contributed by atoms with E-state index >= 15 is 0 Å². The molecule has 0 radical (unpaired) electrons. The summed E-state index contributed by atoms with van der Waals surface area (Å²) in [6, 6.07) is 11.7. The molecule has 2 aromatic rings. The van der Waals surface area contributed by atoms with E-state index in [2.05, 4.69) is 10.4 Å². The molecule has 30 heavy (non-hydrogen) atoms. The number of thioether (sulfide) groups is 1. The van der Waals surface area contributed by atoms with Gasteiger partial charge in [0.15, 0.2) is 10.5 Å². The molecule has 0 aromatic heterocycles. The van der Waals surface area contributed by atoms with E-state index in [1.807, 2.05) is 45.0 Å². The molecule has 0 bridgehead atoms. The highest BCUT2D eigenvalue weighted by Gasteiger charge is 2.50. The van der Waals surface area contributed by atoms with E-state index in [0.717, 1.165) is 11.1 Å². The summed E-state index contributed by atoms with van der Waals surface area (Å²) in [5, 5.41) is 20.5. The average molecular weight is 483 g/mol. The number of thiocarbonyl (C=S) groups is 1. The van der Waals surface area contributed by atoms with Crippen LogP contribution < -0.4 is 5.32 Å². The smallest absolute Gasteiger partial charge is 0.306 e. The Morgan fingerprint density at radius 1 is 1.27 bits per heavy atom. The molecule has 0 spiro atoms. The van der Waals surface area contributed by atoms with Crippen LogP contribution in [0.4, 0.5) is 10.5 Å². The fraction of sp³-hybridized carbons (Fsp3) is 0.250. The number of nitrogens with zero attached hydrogens (tertiary/aromatic N) is 3. The number of nitrogens with one attached hydrogen (secondary N) is 1. The van der Waals surface area contributed by atoms with Gasteiger partial charge < -0.3 is 5.32 Å². The standard InChI is InChI=1S/C20H20Cl2N4O2S2/c1-12-4-6-13(7-5-12)11-23-25-17(20(2,3)30-19(25)29)26(28)18(27)24-14-8-9-15(21)16(22)10-14/h4-11,17,28H,1-3H3,(H,24,27)/b23-11+. The van der Waals surface area contributed by atoms with Gasteiger partial charge in [-0.3, -0.25) is 5.21 Å². The van der Waals surface area contributed by atoms with Crippen molar-refractivity contribution in [1.82, 2.24) is 10.1 Å². The first-order chi connectivity index (χ1) is 14.1. The first kappa shape index (κ1) is 22.8. The number of carbonyl (C=O) groups is 1. The molecule has 1 aliphatic heterocycles. The number of benzene rings is 2. The van der Waals surface area contributed by atoms with Crippen molar-refractivity contribution >= 4 is 69.4 Å². The highest BCUT2D eigenvalue weighted by atomic mass is 35.5. The summed E-state index contributed by atoms with van der Waals surface area (Å²) in [5.41, 5.74) is 2.41. The molecule has 10 heteroatoms. The van der Waals surface area contributed by atoms with Crippen molar-refractivity contribution in [3.05, 3.63) is 63.6 Å². The lowest BCUT2D eigenvalue weighted by Crippen LogP contribution is -2.54. The predicted octanol–water partition coefficient (Wildman–Crippen LogP) is 6.00. The Hall–Kier alpha value is -1.84. The number of hydrazone groups is 1. The van der Waals surface area contributed by atoms with Gasteiger partial charge in [0, 0.05) is 5.69 Å². The van der Waals surface area contributed by atoms with Crippen LogP contribution in [0.2, 0.25) is 10.0 Å². The third kappa shape index (κ3) is 5.07. The van der Waals surface area contributed by atoms with E-state index in [4.69, 9.17) is 35.4 Å². The van der Waals surface area contributed by atoms with Gasteiger partial charge in [-0.15, -0.1) is 0 Å². The molecule has 6 nitrogen and oxygen atoms in total. The summed E-state index contributed by atoms with van der Waals surface area (Å²) in [7, 11) is 0. The molecule has 1 aliphatic rings. The van der Waals surface area contributed by atoms with Crippen molar-refractivity contribution in [2.45, 2.75) is 31.7 Å². The van der Waals surface area contributed by atoms with Gasteiger partial charge in [-0.1, -0.05) is 77.0 Å². The largest absolute Gasteiger partial charge is 0.347 e. The van der Waals surface area contributed by atoms with Gasteiger partial charge in [0.1, 0.15) is 0 Å². The van der Waals surface area contributed by atoms with Crippen LogP contribution in [-0.2, 0) is 0 Å². The average Bonchev–Trinajstić information content (AvgIpc) is 2.91. The van der Waals surface area contributed by atoms with Gasteiger partial charge >= 0.3 is 6.03 Å². The number of hydrogen-bond donors (Lipinski definition) is 2. The maximum absolute atomic E-state index is 12.7. The topological polar surface area (TPSA) is 68.2 Å². The van der Waals surface area contributed by atoms with Crippen LogP contribution in [0.3, 0.4) is 0 Å². The molecule has 2 N–H and O–H groups in total. The second-order valence-electron chi connectivity index (χ2n) is 7.25. The van der Waals surface area contributed by atoms with Gasteiger partial charge in [0.2, 0.25) is 0 Å². The van der Waals surface area contributed by atoms with Crippen molar-refractivity contribution in [1.29, 1.82) is 0 Å². The summed E-state index contributed by atoms with van der Waals surface area (Å²) in [4.78, 5) is 12.7. The number of hydrogen-bond acceptors (Lipinski definition) is 5. The molecule has 3 rings (SSSR count). The molecule has 1 atom stereocenters. The number of carbonyl (C=O) groups excluding carboxylic acids is 1. The second kappa shape index (κ2) is 9.11. The zero-order valence-corrected chi connectivity index (χ0v) is 19.6. The van der Waals surface area contributed by atoms with Crippen LogP contribution in [0, 0.1) is 6.92 Å². The van der Waals surface area contributed by atoms with Crippen molar-refractivity contribution in [3.8, 4) is 0 Å². The van der Waals surface area contributed by atoms with E-state index in [9.17, 15) is 10.0 Å². The van der Waals surface area contributed by atoms with E-state index in [-0.39, 0.29) is 0 Å². The van der Waals surface area contributed by atoms with Gasteiger partial charge in [0.05, 0.1) is 21.0 Å². The summed E-state index contributed by atoms with van der Waals surface area (Å²) in [6.45, 7) is 5.76. The van der Waals surface area contributed by atoms with Crippen LogP contribution in [0.1, 0.15) is 25.0 Å². The highest BCUT2D eigenvalue weighted by molar-refractivity contribution is 8.24. The maximum Gasteiger partial charge on any atom is 0.347 e. The van der Waals surface area contributed by atoms with Crippen molar-refractivity contribution < 1.29 is 10.0 Å². The molecule has 1 fully saturated rings. The first-order valence-corrected chi connectivity index (χ1v) is 10.9. The van der Waals surface area contributed by atoms with E-state index < -0.39 is 16.9 Å². The third-order valence-electron chi connectivity index (χ3n) is 4.41. The quantitative estimate of drug-likeness (QED) is 0.242. The Morgan fingerprint density at radius 2 is 1.93 bits per heavy atom. The molecular weight excluding hydrogens is 463 g/mol. The summed E-state index contributed by atoms with van der Waals surface area (Å²) >= 11 is 18.7. The Kier molecular flexibility index (Phi) is 6.94. The summed E-state index contributed by atoms with van der Waals surface area (Å²) in [6.07, 6.45) is 0.824. The predicted molar refractivity (Wildman–Crippen MR) is 128 cm³/mol. The summed E-state index contributed by atoms with van der Waals surface area (Å²) in [5.74, 6) is 0. The molecule has 0 aliphatic carbocycles. The number of urea groups is 1. The van der Waals surface area contributed by atoms with Gasteiger partial charge in [-0.25, -0.2) is 9.80 Å². The fourth-order valence-electron chi connectivity index (χ4n) is 2.87. The lowest BCUT2D eigenvalue weighted by Gasteiger charge is -2.34. The molecule has 1 saturated heterocycles. The lowest BCUT2D eigenvalue weighted by molar-refractivity contribution is -0.114. The SMILES string of the molecule is Cc1ccc(/C=N/N2C(=S)SC(C)(C)C2N(O)C(=O)Nc2ccc(Cl)c(Cl)c2)cc1. The van der Waals surface area contributed by atoms with Gasteiger partial charge in [-0.2, -0.15) is 10.2 Å². The molecule has 2 aromatic carbocycles. The Balaban J connectivity index is 1.81. The monoisotopic (exact) mass is 482 g/mol. The molecule has 1 unspecified atom stereocenters. The fourth-order valence-corrected chi connectivity index (χ4v) is 4.96. The van der Waals surface area contributed by atoms with Crippen LogP contribution in [0.5, 0.6) is 0 Å². The van der Waals surface area contributed by atoms with Gasteiger partial charge in [-0.05, 0) is 44.5 Å². The number of halogens is 2. The summed E-state index contributed by atoms with van der Waals surface area (Å²) < 4.78 is -0.152. The Labute approximate surface area is 194 Å². The minimum absolute atomic E-state index is 0.293. The van der Waals surface area contributed by atoms with Crippen LogP contribution in [-0.4, -0.2) is 42.8 Å². The van der Waals surface area contributed by atoms with Crippen LogP contribution in [0.15, 0.2) is 47.6 Å². The molecular formula is C20H20Cl2N4O2S2. The first-order valence-electron chi connectivity index (χ1n) is 8.95. The zero-order valence-electron chi connectivity index (χ0n) is 16.5. The van der Waals surface area contributed by atoms with Gasteiger partial charge in [0.25, 0.3) is 0 Å². The Morgan fingerprint density at radius 3 is 2.57 bits per heavy atom. The Bertz CT molecular complexity index is 999. The molecule has 2 amide bonds. The minimum Gasteiger partial charge on any atom is -0.306 e. The number of hydroxylamine groups is 2. The van der Waals surface area contributed by atoms with E-state index in [0.29, 0.717) is 25.1 Å². The number of amides is 2. The number of anilines is 1. The van der Waals surface area contributed by atoms with E-state index in [1.165, 1.54) is 22.8 Å². The molecule has 0 saturated carbocycles. The third-order valence-corrected chi connectivity index (χ3v) is 6.68. The lowest BCUT2D eigenvalue weighted by atomic mass is 10.1. The van der Waals surface area contributed by atoms with Crippen LogP contribution in [0.25, 0.3) is 0 Å². The van der Waals surface area contributed by atoms with Crippen molar-refractivity contribution in [2.24, 2.45) is 5.10 Å². The number of aryl methyl sites for hydroxylation is 1. The van der Waals surface area contributed by atoms with Crippen molar-refractivity contribution in [3.63, 3.8) is 0 Å². The zero-order chi connectivity index (χ0) is 22.1. The number of rotatable bonds is 4. The second-order valence-corrected chi connectivity index (χ2v) is 10.4. The normalized spacial score (nSPS) is 18.1. The molecule has 158 valence electrons. The van der Waals surface area contributed by atoms with Crippen molar-refractivity contribution in [2.75, 3.05) is 5.32 Å².